The summed E-state index contributed by atoms with van der Waals surface area (Å²) in [7, 11) is 0. The van der Waals surface area contributed by atoms with Gasteiger partial charge in [-0.3, -0.25) is 9.98 Å². The number of aliphatic imine (C=N–C) groups is 3. The van der Waals surface area contributed by atoms with Gasteiger partial charge >= 0.3 is 0 Å². The van der Waals surface area contributed by atoms with Crippen LogP contribution in [0.25, 0.3) is 0 Å². The van der Waals surface area contributed by atoms with Crippen LogP contribution in [0.2, 0.25) is 0 Å². The van der Waals surface area contributed by atoms with Gasteiger partial charge in [-0.15, -0.1) is 0 Å². The predicted octanol–water partition coefficient (Wildman–Crippen LogP) is 0.571. The average molecular weight is 139 g/mol. The molecule has 0 saturated carbocycles. The third-order valence-electron chi connectivity index (χ3n) is 1.24. The Bertz CT molecular complexity index is 206. The van der Waals surface area contributed by atoms with E-state index in [-0.39, 0.29) is 6.04 Å². The highest BCUT2D eigenvalue weighted by molar-refractivity contribution is 8.25. The lowest BCUT2D eigenvalue weighted by atomic mass is 10.3. The molecule has 0 radical (unpaired) electrons. The van der Waals surface area contributed by atoms with E-state index in [1.165, 1.54) is 0 Å². The summed E-state index contributed by atoms with van der Waals surface area (Å²) in [4.78, 5) is 12.2. The molecule has 0 aliphatic carbocycles. The maximum Gasteiger partial charge on any atom is 0.119 e. The summed E-state index contributed by atoms with van der Waals surface area (Å²) in [5, 5.41) is 1.09. The molecule has 9 heavy (non-hydrogen) atoms. The molecule has 0 aromatic carbocycles. The molecule has 1 unspecified atom stereocenters. The minimum absolute atomic E-state index is 0.250. The van der Waals surface area contributed by atoms with Crippen molar-refractivity contribution in [2.75, 3.05) is 6.54 Å². The molecule has 0 amide bonds. The highest BCUT2D eigenvalue weighted by Gasteiger charge is 2.20. The fourth-order valence-electron chi connectivity index (χ4n) is 0.787. The first kappa shape index (κ1) is 5.17. The SMILES string of the molecule is C1=NCC2N=CSC2=N1. The molecule has 0 fully saturated rings. The minimum atomic E-state index is 0.250. The van der Waals surface area contributed by atoms with Crippen LogP contribution in [0.1, 0.15) is 0 Å². The monoisotopic (exact) mass is 139 g/mol. The molecule has 2 rings (SSSR count). The van der Waals surface area contributed by atoms with Crippen LogP contribution in [0.4, 0.5) is 0 Å². The normalized spacial score (nSPS) is 30.2. The van der Waals surface area contributed by atoms with Crippen LogP contribution in [0.15, 0.2) is 15.0 Å². The zero-order valence-electron chi connectivity index (χ0n) is 4.69. The molecule has 4 heteroatoms. The molecule has 46 valence electrons. The Morgan fingerprint density at radius 2 is 2.67 bits per heavy atom. The van der Waals surface area contributed by atoms with Crippen molar-refractivity contribution in [3.05, 3.63) is 0 Å². The van der Waals surface area contributed by atoms with Crippen LogP contribution in [0.5, 0.6) is 0 Å². The molecule has 0 spiro atoms. The molecule has 0 bridgehead atoms. The Kier molecular flexibility index (Phi) is 1.12. The van der Waals surface area contributed by atoms with Gasteiger partial charge in [0.15, 0.2) is 0 Å². The summed E-state index contributed by atoms with van der Waals surface area (Å²) < 4.78 is 0. The van der Waals surface area contributed by atoms with Gasteiger partial charge in [-0.1, -0.05) is 11.8 Å². The van der Waals surface area contributed by atoms with Crippen molar-refractivity contribution in [3.8, 4) is 0 Å². The maximum absolute atomic E-state index is 4.15. The van der Waals surface area contributed by atoms with E-state index in [4.69, 9.17) is 0 Å². The summed E-state index contributed by atoms with van der Waals surface area (Å²) in [6.45, 7) is 0.780. The number of nitrogens with zero attached hydrogens (tertiary/aromatic N) is 3. The van der Waals surface area contributed by atoms with Crippen LogP contribution < -0.4 is 0 Å². The van der Waals surface area contributed by atoms with Crippen molar-refractivity contribution in [1.29, 1.82) is 0 Å². The molecule has 2 aliphatic heterocycles. The summed E-state index contributed by atoms with van der Waals surface area (Å²) >= 11 is 1.59. The van der Waals surface area contributed by atoms with Crippen LogP contribution in [0, 0.1) is 0 Å². The van der Waals surface area contributed by atoms with E-state index in [0.29, 0.717) is 0 Å². The second-order valence-corrected chi connectivity index (χ2v) is 2.70. The number of thioether (sulfide) groups is 1. The Hall–Kier alpha value is -0.640. The zero-order chi connectivity index (χ0) is 6.10. The van der Waals surface area contributed by atoms with Crippen molar-refractivity contribution >= 4 is 28.7 Å². The van der Waals surface area contributed by atoms with E-state index in [0.717, 1.165) is 11.6 Å². The first-order chi connectivity index (χ1) is 4.47. The first-order valence-corrected chi connectivity index (χ1v) is 3.59. The molecule has 0 N–H and O–H groups in total. The molecule has 0 aromatic rings. The highest BCUT2D eigenvalue weighted by atomic mass is 32.2. The van der Waals surface area contributed by atoms with Crippen molar-refractivity contribution in [3.63, 3.8) is 0 Å². The van der Waals surface area contributed by atoms with E-state index in [1.54, 1.807) is 18.1 Å². The lowest BCUT2D eigenvalue weighted by Gasteiger charge is -2.05. The van der Waals surface area contributed by atoms with Gasteiger partial charge in [0.25, 0.3) is 0 Å². The Morgan fingerprint density at radius 3 is 3.56 bits per heavy atom. The van der Waals surface area contributed by atoms with E-state index >= 15 is 0 Å². The molecule has 1 atom stereocenters. The number of fused-ring (bicyclic) bond motifs is 1. The summed E-state index contributed by atoms with van der Waals surface area (Å²) in [6, 6.07) is 0.250. The largest absolute Gasteiger partial charge is 0.274 e. The predicted molar refractivity (Wildman–Crippen MR) is 40.7 cm³/mol. The van der Waals surface area contributed by atoms with Crippen molar-refractivity contribution < 1.29 is 0 Å². The van der Waals surface area contributed by atoms with E-state index < -0.39 is 0 Å². The fraction of sp³-hybridized carbons (Fsp3) is 0.400. The smallest absolute Gasteiger partial charge is 0.119 e. The molecule has 3 nitrogen and oxygen atoms in total. The van der Waals surface area contributed by atoms with E-state index in [2.05, 4.69) is 15.0 Å². The number of hydrogen-bond donors (Lipinski definition) is 0. The second-order valence-electron chi connectivity index (χ2n) is 1.84. The summed E-state index contributed by atoms with van der Waals surface area (Å²) in [6.07, 6.45) is 1.60. The topological polar surface area (TPSA) is 37.1 Å². The molecule has 2 heterocycles. The van der Waals surface area contributed by atoms with Crippen LogP contribution >= 0.6 is 11.8 Å². The van der Waals surface area contributed by atoms with Gasteiger partial charge in [0, 0.05) is 0 Å². The molecule has 2 aliphatic rings. The second kappa shape index (κ2) is 1.95. The van der Waals surface area contributed by atoms with Crippen molar-refractivity contribution in [1.82, 2.24) is 0 Å². The quantitative estimate of drug-likeness (QED) is 0.483. The Morgan fingerprint density at radius 1 is 1.67 bits per heavy atom. The summed E-state index contributed by atoms with van der Waals surface area (Å²) in [5.74, 6) is 0. The zero-order valence-corrected chi connectivity index (χ0v) is 5.51. The number of rotatable bonds is 0. The molecular weight excluding hydrogens is 134 g/mol. The van der Waals surface area contributed by atoms with E-state index in [9.17, 15) is 0 Å². The highest BCUT2D eigenvalue weighted by Crippen LogP contribution is 2.17. The standard InChI is InChI=1S/C5H5N3S/c1-4-5(7-2-6-1)9-3-8-4/h2-4H,1H2. The third kappa shape index (κ3) is 0.790. The Labute approximate surface area is 57.0 Å². The van der Waals surface area contributed by atoms with Gasteiger partial charge < -0.3 is 0 Å². The summed E-state index contributed by atoms with van der Waals surface area (Å²) in [5.41, 5.74) is 1.83. The van der Waals surface area contributed by atoms with E-state index in [1.807, 2.05) is 5.55 Å². The first-order valence-electron chi connectivity index (χ1n) is 2.71. The van der Waals surface area contributed by atoms with Gasteiger partial charge in [0.2, 0.25) is 0 Å². The molecular formula is C5H5N3S. The van der Waals surface area contributed by atoms with Crippen LogP contribution in [-0.4, -0.2) is 29.5 Å². The van der Waals surface area contributed by atoms with Crippen LogP contribution in [0.3, 0.4) is 0 Å². The van der Waals surface area contributed by atoms with Crippen LogP contribution in [-0.2, 0) is 0 Å². The lowest BCUT2D eigenvalue weighted by molar-refractivity contribution is 0.876. The average Bonchev–Trinajstić information content (AvgIpc) is 2.33. The van der Waals surface area contributed by atoms with Crippen molar-refractivity contribution in [2.24, 2.45) is 15.0 Å². The third-order valence-corrected chi connectivity index (χ3v) is 2.09. The van der Waals surface area contributed by atoms with Gasteiger partial charge in [0.05, 0.1) is 12.1 Å². The fourth-order valence-corrected chi connectivity index (χ4v) is 1.50. The van der Waals surface area contributed by atoms with Gasteiger partial charge in [0.1, 0.15) is 17.4 Å². The van der Waals surface area contributed by atoms with Gasteiger partial charge in [-0.2, -0.15) is 0 Å². The lowest BCUT2D eigenvalue weighted by Crippen LogP contribution is -2.18. The van der Waals surface area contributed by atoms with Gasteiger partial charge in [-0.05, 0) is 0 Å². The minimum Gasteiger partial charge on any atom is -0.274 e. The van der Waals surface area contributed by atoms with Gasteiger partial charge in [-0.25, -0.2) is 4.99 Å². The van der Waals surface area contributed by atoms with Crippen molar-refractivity contribution in [2.45, 2.75) is 6.04 Å². The molecule has 0 saturated heterocycles. The maximum atomic E-state index is 4.15. The number of hydrogen-bond acceptors (Lipinski definition) is 4. The Balaban J connectivity index is 2.29. The molecule has 0 aromatic heterocycles.